The number of carbonyl (C=O) groups is 1. The molecule has 0 heterocycles. The summed E-state index contributed by atoms with van der Waals surface area (Å²) in [4.78, 5) is 13.0. The number of benzene rings is 3. The molecule has 0 aliphatic carbocycles. The van der Waals surface area contributed by atoms with Gasteiger partial charge in [0.25, 0.3) is 10.0 Å². The molecule has 1 amide bonds. The summed E-state index contributed by atoms with van der Waals surface area (Å²) in [5.74, 6) is -0.370. The summed E-state index contributed by atoms with van der Waals surface area (Å²) >= 11 is 0. The first kappa shape index (κ1) is 21.6. The van der Waals surface area contributed by atoms with Crippen LogP contribution in [0.1, 0.15) is 29.7 Å². The lowest BCUT2D eigenvalue weighted by Crippen LogP contribution is -2.41. The van der Waals surface area contributed by atoms with Crippen molar-refractivity contribution in [3.8, 4) is 0 Å². The van der Waals surface area contributed by atoms with Crippen molar-refractivity contribution in [1.29, 1.82) is 0 Å². The van der Waals surface area contributed by atoms with Crippen LogP contribution < -0.4 is 9.62 Å². The summed E-state index contributed by atoms with van der Waals surface area (Å²) in [6.45, 7) is 5.61. The Bertz CT molecular complexity index is 1110. The molecule has 0 fully saturated rings. The molecule has 5 nitrogen and oxygen atoms in total. The van der Waals surface area contributed by atoms with Gasteiger partial charge in [0.05, 0.1) is 16.6 Å². The Balaban J connectivity index is 1.86. The van der Waals surface area contributed by atoms with E-state index >= 15 is 0 Å². The van der Waals surface area contributed by atoms with E-state index in [1.165, 1.54) is 12.1 Å². The largest absolute Gasteiger partial charge is 0.348 e. The molecule has 3 aromatic rings. The van der Waals surface area contributed by atoms with Crippen LogP contribution >= 0.6 is 0 Å². The normalized spacial score (nSPS) is 12.2. The Labute approximate surface area is 178 Å². The SMILES string of the molecule is Cc1ccc([C@H](C)NC(=O)CN(c2ccccc2)S(=O)(=O)c2ccccc2)c(C)c1. The summed E-state index contributed by atoms with van der Waals surface area (Å²) < 4.78 is 27.7. The molecule has 0 aliphatic heterocycles. The molecule has 0 aromatic heterocycles. The van der Waals surface area contributed by atoms with Gasteiger partial charge in [0.1, 0.15) is 6.54 Å². The van der Waals surface area contributed by atoms with E-state index < -0.39 is 10.0 Å². The van der Waals surface area contributed by atoms with Crippen molar-refractivity contribution in [2.45, 2.75) is 31.7 Å². The number of para-hydroxylation sites is 1. The van der Waals surface area contributed by atoms with Crippen LogP contribution in [0.15, 0.2) is 83.8 Å². The van der Waals surface area contributed by atoms with Crippen LogP contribution in [0, 0.1) is 13.8 Å². The number of carbonyl (C=O) groups excluding carboxylic acids is 1. The number of rotatable bonds is 7. The minimum absolute atomic E-state index is 0.143. The Kier molecular flexibility index (Phi) is 6.57. The highest BCUT2D eigenvalue weighted by Crippen LogP contribution is 2.24. The first-order chi connectivity index (χ1) is 14.3. The molecule has 0 unspecified atom stereocenters. The number of nitrogens with zero attached hydrogens (tertiary/aromatic N) is 1. The highest BCUT2D eigenvalue weighted by Gasteiger charge is 2.27. The standard InChI is InChI=1S/C24H26N2O3S/c1-18-14-15-23(19(2)16-18)20(3)25-24(27)17-26(21-10-6-4-7-11-21)30(28,29)22-12-8-5-9-13-22/h4-16,20H,17H2,1-3H3,(H,25,27)/t20-/m0/s1. The molecule has 0 radical (unpaired) electrons. The van der Waals surface area contributed by atoms with Crippen molar-refractivity contribution in [2.75, 3.05) is 10.8 Å². The van der Waals surface area contributed by atoms with Gasteiger partial charge in [-0.3, -0.25) is 9.10 Å². The second-order valence-electron chi connectivity index (χ2n) is 7.31. The molecule has 156 valence electrons. The number of sulfonamides is 1. The Morgan fingerprint density at radius 1 is 0.933 bits per heavy atom. The zero-order valence-electron chi connectivity index (χ0n) is 17.4. The first-order valence-corrected chi connectivity index (χ1v) is 11.2. The lowest BCUT2D eigenvalue weighted by Gasteiger charge is -2.25. The van der Waals surface area contributed by atoms with Gasteiger partial charge in [0, 0.05) is 0 Å². The van der Waals surface area contributed by atoms with Gasteiger partial charge in [-0.1, -0.05) is 60.2 Å². The molecule has 0 spiro atoms. The van der Waals surface area contributed by atoms with E-state index in [1.807, 2.05) is 32.9 Å². The average molecular weight is 423 g/mol. The third-order valence-corrected chi connectivity index (χ3v) is 6.72. The van der Waals surface area contributed by atoms with Crippen molar-refractivity contribution in [3.63, 3.8) is 0 Å². The fourth-order valence-corrected chi connectivity index (χ4v) is 4.88. The van der Waals surface area contributed by atoms with Gasteiger partial charge >= 0.3 is 0 Å². The Morgan fingerprint density at radius 3 is 2.13 bits per heavy atom. The van der Waals surface area contributed by atoms with Crippen LogP contribution in [0.25, 0.3) is 0 Å². The van der Waals surface area contributed by atoms with Crippen molar-refractivity contribution in [2.24, 2.45) is 0 Å². The third-order valence-electron chi connectivity index (χ3n) is 4.93. The second-order valence-corrected chi connectivity index (χ2v) is 9.17. The average Bonchev–Trinajstić information content (AvgIpc) is 2.73. The molecule has 1 N–H and O–H groups in total. The topological polar surface area (TPSA) is 66.5 Å². The Hall–Kier alpha value is -3.12. The van der Waals surface area contributed by atoms with Gasteiger partial charge in [-0.25, -0.2) is 8.42 Å². The van der Waals surface area contributed by atoms with Gasteiger partial charge in [-0.15, -0.1) is 0 Å². The lowest BCUT2D eigenvalue weighted by molar-refractivity contribution is -0.120. The molecule has 6 heteroatoms. The first-order valence-electron chi connectivity index (χ1n) is 9.78. The highest BCUT2D eigenvalue weighted by molar-refractivity contribution is 7.92. The minimum Gasteiger partial charge on any atom is -0.348 e. The van der Waals surface area contributed by atoms with E-state index in [0.29, 0.717) is 5.69 Å². The van der Waals surface area contributed by atoms with E-state index in [0.717, 1.165) is 21.0 Å². The summed E-state index contributed by atoms with van der Waals surface area (Å²) in [6, 6.07) is 22.6. The maximum atomic E-state index is 13.3. The van der Waals surface area contributed by atoms with Crippen molar-refractivity contribution >= 4 is 21.6 Å². The van der Waals surface area contributed by atoms with Crippen LogP contribution in [-0.2, 0) is 14.8 Å². The predicted octanol–water partition coefficient (Wildman–Crippen LogP) is 4.38. The van der Waals surface area contributed by atoms with Crippen molar-refractivity contribution < 1.29 is 13.2 Å². The van der Waals surface area contributed by atoms with Gasteiger partial charge in [0.15, 0.2) is 0 Å². The molecule has 0 saturated heterocycles. The van der Waals surface area contributed by atoms with E-state index in [9.17, 15) is 13.2 Å². The molecule has 0 aliphatic rings. The monoisotopic (exact) mass is 422 g/mol. The lowest BCUT2D eigenvalue weighted by atomic mass is 10.0. The Morgan fingerprint density at radius 2 is 1.53 bits per heavy atom. The smallest absolute Gasteiger partial charge is 0.264 e. The summed E-state index contributed by atoms with van der Waals surface area (Å²) in [7, 11) is -3.89. The zero-order valence-corrected chi connectivity index (χ0v) is 18.2. The second kappa shape index (κ2) is 9.13. The van der Waals surface area contributed by atoms with Crippen LogP contribution in [-0.4, -0.2) is 20.9 Å². The van der Waals surface area contributed by atoms with Gasteiger partial charge in [-0.05, 0) is 56.2 Å². The summed E-state index contributed by atoms with van der Waals surface area (Å²) in [5, 5.41) is 2.94. The number of anilines is 1. The van der Waals surface area contributed by atoms with Crippen molar-refractivity contribution in [3.05, 3.63) is 95.6 Å². The van der Waals surface area contributed by atoms with Gasteiger partial charge < -0.3 is 5.32 Å². The van der Waals surface area contributed by atoms with E-state index in [4.69, 9.17) is 0 Å². The van der Waals surface area contributed by atoms with E-state index in [-0.39, 0.29) is 23.4 Å². The van der Waals surface area contributed by atoms with E-state index in [1.54, 1.807) is 48.5 Å². The zero-order chi connectivity index (χ0) is 21.7. The van der Waals surface area contributed by atoms with Crippen LogP contribution in [0.2, 0.25) is 0 Å². The number of hydrogen-bond donors (Lipinski definition) is 1. The number of nitrogens with one attached hydrogen (secondary N) is 1. The van der Waals surface area contributed by atoms with Gasteiger partial charge in [0.2, 0.25) is 5.91 Å². The van der Waals surface area contributed by atoms with Crippen LogP contribution in [0.4, 0.5) is 5.69 Å². The van der Waals surface area contributed by atoms with Crippen molar-refractivity contribution in [1.82, 2.24) is 5.32 Å². The fourth-order valence-electron chi connectivity index (χ4n) is 3.44. The molecule has 0 saturated carbocycles. The summed E-state index contributed by atoms with van der Waals surface area (Å²) in [5.41, 5.74) is 3.68. The van der Waals surface area contributed by atoms with Crippen LogP contribution in [0.3, 0.4) is 0 Å². The molecule has 30 heavy (non-hydrogen) atoms. The van der Waals surface area contributed by atoms with Crippen LogP contribution in [0.5, 0.6) is 0 Å². The number of aryl methyl sites for hydroxylation is 2. The molecule has 0 bridgehead atoms. The predicted molar refractivity (Wildman–Crippen MR) is 120 cm³/mol. The number of amides is 1. The molecular weight excluding hydrogens is 396 g/mol. The molecule has 3 rings (SSSR count). The fraction of sp³-hybridized carbons (Fsp3) is 0.208. The molecule has 3 aromatic carbocycles. The van der Waals surface area contributed by atoms with E-state index in [2.05, 4.69) is 11.4 Å². The highest BCUT2D eigenvalue weighted by atomic mass is 32.2. The molecule has 1 atom stereocenters. The third kappa shape index (κ3) is 4.89. The minimum atomic E-state index is -3.89. The quantitative estimate of drug-likeness (QED) is 0.615. The maximum absolute atomic E-state index is 13.3. The molecular formula is C24H26N2O3S. The van der Waals surface area contributed by atoms with Gasteiger partial charge in [-0.2, -0.15) is 0 Å². The number of hydrogen-bond acceptors (Lipinski definition) is 3. The maximum Gasteiger partial charge on any atom is 0.264 e. The summed E-state index contributed by atoms with van der Waals surface area (Å²) in [6.07, 6.45) is 0.